The van der Waals surface area contributed by atoms with E-state index in [0.29, 0.717) is 18.5 Å². The van der Waals surface area contributed by atoms with Crippen LogP contribution in [0.3, 0.4) is 0 Å². The topological polar surface area (TPSA) is 79.5 Å². The second kappa shape index (κ2) is 5.65. The highest BCUT2D eigenvalue weighted by molar-refractivity contribution is 5.98. The number of ether oxygens (including phenoxy) is 1. The van der Waals surface area contributed by atoms with Crippen LogP contribution in [-0.2, 0) is 9.53 Å². The zero-order valence-corrected chi connectivity index (χ0v) is 15.5. The maximum absolute atomic E-state index is 13.5. The monoisotopic (exact) mass is 372 g/mol. The summed E-state index contributed by atoms with van der Waals surface area (Å²) in [5, 5.41) is 0.131. The van der Waals surface area contributed by atoms with E-state index in [-0.39, 0.29) is 34.8 Å². The molecule has 4 rings (SSSR count). The number of H-pyrrole nitrogens is 1. The number of esters is 1. The molecule has 142 valence electrons. The third-order valence-corrected chi connectivity index (χ3v) is 6.21. The summed E-state index contributed by atoms with van der Waals surface area (Å²) < 4.78 is 18.5. The van der Waals surface area contributed by atoms with Gasteiger partial charge in [0.25, 0.3) is 5.91 Å². The van der Waals surface area contributed by atoms with E-state index in [1.54, 1.807) is 4.90 Å². The Bertz CT molecular complexity index is 1030. The number of methoxy groups -OCH3 is 1. The first-order valence-electron chi connectivity index (χ1n) is 8.88. The molecular weight excluding hydrogens is 351 g/mol. The molecule has 7 heteroatoms. The maximum Gasteiger partial charge on any atom is 0.314 e. The van der Waals surface area contributed by atoms with Crippen LogP contribution in [-0.4, -0.2) is 42.0 Å². The van der Waals surface area contributed by atoms with Gasteiger partial charge in [0.05, 0.1) is 12.5 Å². The predicted molar refractivity (Wildman–Crippen MR) is 96.8 cm³/mol. The second-order valence-electron chi connectivity index (χ2n) is 8.27. The number of rotatable bonds is 2. The fourth-order valence-corrected chi connectivity index (χ4v) is 5.05. The number of benzene rings is 1. The van der Waals surface area contributed by atoms with Gasteiger partial charge in [0.1, 0.15) is 11.4 Å². The Morgan fingerprint density at radius 2 is 2.07 bits per heavy atom. The van der Waals surface area contributed by atoms with Crippen molar-refractivity contribution < 1.29 is 18.7 Å². The number of fused-ring (bicyclic) bond motifs is 2. The van der Waals surface area contributed by atoms with Gasteiger partial charge in [-0.2, -0.15) is 0 Å². The summed E-state index contributed by atoms with van der Waals surface area (Å²) in [5.74, 6) is -1.31. The van der Waals surface area contributed by atoms with Crippen molar-refractivity contribution in [3.63, 3.8) is 0 Å². The molecular formula is C20H21FN2O4. The van der Waals surface area contributed by atoms with E-state index in [2.05, 4.69) is 18.8 Å². The van der Waals surface area contributed by atoms with Gasteiger partial charge >= 0.3 is 5.97 Å². The van der Waals surface area contributed by atoms with E-state index in [1.807, 2.05) is 0 Å². The fraction of sp³-hybridized carbons (Fsp3) is 0.450. The molecule has 27 heavy (non-hydrogen) atoms. The van der Waals surface area contributed by atoms with Crippen molar-refractivity contribution in [3.8, 4) is 0 Å². The van der Waals surface area contributed by atoms with Crippen LogP contribution in [0.1, 0.15) is 30.6 Å². The highest BCUT2D eigenvalue weighted by atomic mass is 19.1. The Labute approximate surface area is 155 Å². The van der Waals surface area contributed by atoms with E-state index in [9.17, 15) is 18.8 Å². The van der Waals surface area contributed by atoms with E-state index in [4.69, 9.17) is 4.74 Å². The minimum absolute atomic E-state index is 0.0154. The van der Waals surface area contributed by atoms with Crippen LogP contribution in [0.15, 0.2) is 29.2 Å². The molecule has 1 saturated carbocycles. The average Bonchev–Trinajstić information content (AvgIpc) is 2.97. The molecule has 1 amide bonds. The molecule has 1 N–H and O–H groups in total. The van der Waals surface area contributed by atoms with Crippen LogP contribution in [0.5, 0.6) is 0 Å². The minimum Gasteiger partial charge on any atom is -0.469 e. The van der Waals surface area contributed by atoms with Gasteiger partial charge in [-0.05, 0) is 36.0 Å². The molecule has 2 atom stereocenters. The lowest BCUT2D eigenvalue weighted by molar-refractivity contribution is -0.174. The van der Waals surface area contributed by atoms with Gasteiger partial charge in [-0.3, -0.25) is 14.4 Å². The number of aromatic nitrogens is 1. The summed E-state index contributed by atoms with van der Waals surface area (Å²) in [6.45, 7) is 4.76. The van der Waals surface area contributed by atoms with Gasteiger partial charge in [0, 0.05) is 30.2 Å². The van der Waals surface area contributed by atoms with Crippen LogP contribution in [0.2, 0.25) is 0 Å². The van der Waals surface area contributed by atoms with Crippen LogP contribution >= 0.6 is 0 Å². The van der Waals surface area contributed by atoms with Crippen molar-refractivity contribution in [1.29, 1.82) is 0 Å². The number of carbonyl (C=O) groups excluding carboxylic acids is 2. The second-order valence-corrected chi connectivity index (χ2v) is 8.27. The zero-order valence-electron chi connectivity index (χ0n) is 15.5. The SMILES string of the molecule is COC(=O)[C@@]12CN(C(=O)c3c[nH]c4ccc(F)cc4c3=O)C[C@@H]1C(C)(C)C2. The number of likely N-dealkylation sites (tertiary alicyclic amines) is 1. The summed E-state index contributed by atoms with van der Waals surface area (Å²) in [7, 11) is 1.35. The Morgan fingerprint density at radius 3 is 2.74 bits per heavy atom. The highest BCUT2D eigenvalue weighted by Gasteiger charge is 2.68. The average molecular weight is 372 g/mol. The molecule has 2 aromatic rings. The number of nitrogens with zero attached hydrogens (tertiary/aromatic N) is 1. The number of aromatic amines is 1. The van der Waals surface area contributed by atoms with Crippen LogP contribution in [0.25, 0.3) is 10.9 Å². The van der Waals surface area contributed by atoms with Gasteiger partial charge in [0.2, 0.25) is 5.43 Å². The lowest BCUT2D eigenvalue weighted by Crippen LogP contribution is -2.57. The van der Waals surface area contributed by atoms with Gasteiger partial charge in [-0.1, -0.05) is 13.8 Å². The fourth-order valence-electron chi connectivity index (χ4n) is 5.05. The van der Waals surface area contributed by atoms with Gasteiger partial charge < -0.3 is 14.6 Å². The Kier molecular flexibility index (Phi) is 3.70. The summed E-state index contributed by atoms with van der Waals surface area (Å²) in [6, 6.07) is 3.84. The zero-order chi connectivity index (χ0) is 19.6. The number of pyridine rings is 1. The Morgan fingerprint density at radius 1 is 1.33 bits per heavy atom. The summed E-state index contributed by atoms with van der Waals surface area (Å²) in [5.41, 5.74) is -0.885. The summed E-state index contributed by atoms with van der Waals surface area (Å²) in [4.78, 5) is 42.6. The van der Waals surface area contributed by atoms with Crippen molar-refractivity contribution in [2.24, 2.45) is 16.7 Å². The van der Waals surface area contributed by atoms with Crippen LogP contribution in [0.4, 0.5) is 4.39 Å². The normalized spacial score (nSPS) is 25.8. The summed E-state index contributed by atoms with van der Waals surface area (Å²) >= 11 is 0. The molecule has 1 aliphatic heterocycles. The van der Waals surface area contributed by atoms with Crippen molar-refractivity contribution in [3.05, 3.63) is 46.0 Å². The number of carbonyl (C=O) groups is 2. The lowest BCUT2D eigenvalue weighted by Gasteiger charge is -2.54. The van der Waals surface area contributed by atoms with Crippen LogP contribution in [0, 0.1) is 22.6 Å². The van der Waals surface area contributed by atoms with Gasteiger partial charge in [-0.25, -0.2) is 4.39 Å². The van der Waals surface area contributed by atoms with E-state index in [1.165, 1.54) is 25.4 Å². The predicted octanol–water partition coefficient (Wildman–Crippen LogP) is 2.33. The van der Waals surface area contributed by atoms with Crippen LogP contribution < -0.4 is 5.43 Å². The number of amides is 1. The third kappa shape index (κ3) is 2.40. The molecule has 1 aromatic carbocycles. The molecule has 1 aromatic heterocycles. The Balaban J connectivity index is 1.70. The molecule has 0 bridgehead atoms. The van der Waals surface area contributed by atoms with Crippen molar-refractivity contribution in [2.45, 2.75) is 20.3 Å². The standard InChI is InChI=1S/C20H21FN2O4/c1-19(2)9-20(18(26)27-3)10-23(8-15(19)20)17(25)13-7-22-14-5-4-11(21)6-12(14)16(13)24/h4-7,15H,8-10H2,1-3H3,(H,22,24)/t15-,20+/m1/s1. The largest absolute Gasteiger partial charge is 0.469 e. The maximum atomic E-state index is 13.5. The molecule has 1 aliphatic carbocycles. The summed E-state index contributed by atoms with van der Waals surface area (Å²) in [6.07, 6.45) is 2.00. The minimum atomic E-state index is -0.705. The Hall–Kier alpha value is -2.70. The quantitative estimate of drug-likeness (QED) is 0.821. The first kappa shape index (κ1) is 17.7. The lowest BCUT2D eigenvalue weighted by atomic mass is 9.48. The number of hydrogen-bond donors (Lipinski definition) is 1. The number of nitrogens with one attached hydrogen (secondary N) is 1. The molecule has 0 radical (unpaired) electrons. The van der Waals surface area contributed by atoms with E-state index >= 15 is 0 Å². The first-order chi connectivity index (χ1) is 12.7. The molecule has 2 aliphatic rings. The number of hydrogen-bond acceptors (Lipinski definition) is 4. The molecule has 0 spiro atoms. The van der Waals surface area contributed by atoms with Crippen molar-refractivity contribution >= 4 is 22.8 Å². The molecule has 2 fully saturated rings. The smallest absolute Gasteiger partial charge is 0.314 e. The van der Waals surface area contributed by atoms with Gasteiger partial charge in [0.15, 0.2) is 0 Å². The molecule has 6 nitrogen and oxygen atoms in total. The van der Waals surface area contributed by atoms with Gasteiger partial charge in [-0.15, -0.1) is 0 Å². The first-order valence-corrected chi connectivity index (χ1v) is 8.88. The number of halogens is 1. The molecule has 2 heterocycles. The van der Waals surface area contributed by atoms with E-state index < -0.39 is 22.6 Å². The van der Waals surface area contributed by atoms with Crippen molar-refractivity contribution in [2.75, 3.05) is 20.2 Å². The van der Waals surface area contributed by atoms with Crippen molar-refractivity contribution in [1.82, 2.24) is 9.88 Å². The third-order valence-electron chi connectivity index (χ3n) is 6.21. The van der Waals surface area contributed by atoms with E-state index in [0.717, 1.165) is 6.07 Å². The molecule has 0 unspecified atom stereocenters. The highest BCUT2D eigenvalue weighted by Crippen LogP contribution is 2.63. The molecule has 1 saturated heterocycles.